The van der Waals surface area contributed by atoms with Gasteiger partial charge in [-0.05, 0) is 68.1 Å². The predicted octanol–water partition coefficient (Wildman–Crippen LogP) is 7.51. The maximum Gasteiger partial charge on any atom is 0.408 e. The minimum atomic E-state index is -1.27. The van der Waals surface area contributed by atoms with E-state index in [9.17, 15) is 24.3 Å². The number of aliphatic hydroxyl groups excluding tert-OH is 1. The Morgan fingerprint density at radius 1 is 0.800 bits per heavy atom. The molecule has 0 saturated heterocycles. The lowest BCUT2D eigenvalue weighted by atomic mass is 9.81. The van der Waals surface area contributed by atoms with E-state index in [0.29, 0.717) is 24.5 Å². The Kier molecular flexibility index (Phi) is 17.1. The Hall–Kier alpha value is -5.79. The summed E-state index contributed by atoms with van der Waals surface area (Å²) in [6, 6.07) is 20.5. The summed E-state index contributed by atoms with van der Waals surface area (Å²) in [5.74, 6) is -1.12. The minimum Gasteiger partial charge on any atom is -0.436 e. The van der Waals surface area contributed by atoms with E-state index in [1.807, 2.05) is 106 Å². The van der Waals surface area contributed by atoms with Gasteiger partial charge in [0.15, 0.2) is 6.10 Å². The Bertz CT molecular complexity index is 2140. The molecule has 1 aromatic heterocycles. The number of H-pyrrole nitrogens is 1. The van der Waals surface area contributed by atoms with Crippen molar-refractivity contribution in [3.05, 3.63) is 126 Å². The van der Waals surface area contributed by atoms with Gasteiger partial charge in [-0.25, -0.2) is 9.78 Å². The zero-order chi connectivity index (χ0) is 46.5. The summed E-state index contributed by atoms with van der Waals surface area (Å²) >= 11 is 0. The number of imidazole rings is 1. The Morgan fingerprint density at radius 3 is 1.97 bits per heavy atom. The van der Waals surface area contributed by atoms with Crippen molar-refractivity contribution in [3.8, 4) is 11.1 Å². The summed E-state index contributed by atoms with van der Waals surface area (Å²) in [5.41, 5.74) is 4.28. The van der Waals surface area contributed by atoms with Gasteiger partial charge in [-0.3, -0.25) is 14.4 Å². The first kappa shape index (κ1) is 48.7. The van der Waals surface area contributed by atoms with E-state index in [1.165, 1.54) is 12.7 Å². The van der Waals surface area contributed by atoms with Crippen molar-refractivity contribution in [2.75, 3.05) is 6.61 Å². The maximum absolute atomic E-state index is 14.6. The second-order valence-electron chi connectivity index (χ2n) is 19.0. The van der Waals surface area contributed by atoms with Crippen LogP contribution in [0.1, 0.15) is 108 Å². The van der Waals surface area contributed by atoms with Gasteiger partial charge in [0.2, 0.25) is 17.7 Å². The number of nitrogens with zero attached hydrogens (tertiary/aromatic N) is 1. The van der Waals surface area contributed by atoms with Crippen LogP contribution in [0.4, 0.5) is 4.79 Å². The second kappa shape index (κ2) is 22.9. The molecule has 4 amide bonds. The monoisotopic (exact) mass is 889 g/mol. The first-order valence-corrected chi connectivity index (χ1v) is 23.2. The van der Waals surface area contributed by atoms with E-state index < -0.39 is 65.8 Å². The van der Waals surface area contributed by atoms with Gasteiger partial charge in [-0.2, -0.15) is 0 Å². The molecule has 65 heavy (non-hydrogen) atoms. The molecule has 13 heteroatoms. The molecule has 0 bridgehead atoms. The molecule has 0 aliphatic heterocycles. The van der Waals surface area contributed by atoms with Crippen molar-refractivity contribution in [1.82, 2.24) is 31.2 Å². The number of nitrogens with one attached hydrogen (secondary N) is 5. The van der Waals surface area contributed by atoms with Crippen molar-refractivity contribution in [2.45, 2.75) is 134 Å². The summed E-state index contributed by atoms with van der Waals surface area (Å²) in [6.45, 7) is 13.5. The molecule has 6 rings (SSSR count). The van der Waals surface area contributed by atoms with Gasteiger partial charge in [-0.15, -0.1) is 6.58 Å². The maximum atomic E-state index is 14.6. The molecule has 2 aliphatic rings. The molecule has 2 aliphatic carbocycles. The predicted molar refractivity (Wildman–Crippen MR) is 251 cm³/mol. The van der Waals surface area contributed by atoms with Crippen molar-refractivity contribution in [1.29, 1.82) is 0 Å². The van der Waals surface area contributed by atoms with Gasteiger partial charge in [0.1, 0.15) is 18.1 Å². The van der Waals surface area contributed by atoms with Crippen molar-refractivity contribution >= 4 is 23.8 Å². The number of amides is 4. The van der Waals surface area contributed by atoms with Crippen molar-refractivity contribution in [3.63, 3.8) is 0 Å². The molecule has 0 spiro atoms. The minimum absolute atomic E-state index is 0.0451. The lowest BCUT2D eigenvalue weighted by molar-refractivity contribution is -0.134. The first-order valence-electron chi connectivity index (χ1n) is 23.2. The van der Waals surface area contributed by atoms with E-state index in [-0.39, 0.29) is 31.3 Å². The lowest BCUT2D eigenvalue weighted by Crippen LogP contribution is -2.59. The number of aromatic amines is 1. The molecule has 1 fully saturated rings. The number of fused-ring (bicyclic) bond motifs is 3. The number of allylic oxidation sites excluding steroid dienone is 1. The van der Waals surface area contributed by atoms with E-state index in [4.69, 9.17) is 9.47 Å². The van der Waals surface area contributed by atoms with Crippen molar-refractivity contribution in [2.24, 2.45) is 17.8 Å². The van der Waals surface area contributed by atoms with Crippen LogP contribution in [0.5, 0.6) is 0 Å². The van der Waals surface area contributed by atoms with Crippen LogP contribution >= 0.6 is 0 Å². The molecule has 6 N–H and O–H groups in total. The molecular formula is C52H68N6O7. The highest BCUT2D eigenvalue weighted by Crippen LogP contribution is 2.45. The molecule has 0 radical (unpaired) electrons. The molecule has 4 aromatic rings. The molecule has 3 aromatic carbocycles. The Morgan fingerprint density at radius 2 is 1.38 bits per heavy atom. The molecular weight excluding hydrogens is 821 g/mol. The third kappa shape index (κ3) is 13.9. The van der Waals surface area contributed by atoms with Gasteiger partial charge in [-0.1, -0.05) is 131 Å². The van der Waals surface area contributed by atoms with E-state index in [2.05, 4.69) is 51.7 Å². The zero-order valence-corrected chi connectivity index (χ0v) is 38.6. The fraction of sp³-hybridized carbons (Fsp3) is 0.481. The van der Waals surface area contributed by atoms with Crippen LogP contribution in [0, 0.1) is 17.8 Å². The van der Waals surface area contributed by atoms with Gasteiger partial charge in [0.25, 0.3) is 0 Å². The number of aromatic nitrogens is 2. The van der Waals surface area contributed by atoms with Gasteiger partial charge in [0, 0.05) is 35.9 Å². The third-order valence-electron chi connectivity index (χ3n) is 12.6. The van der Waals surface area contributed by atoms with Gasteiger partial charge >= 0.3 is 6.09 Å². The summed E-state index contributed by atoms with van der Waals surface area (Å²) in [6.07, 6.45) is 9.22. The molecule has 348 valence electrons. The molecule has 0 unspecified atom stereocenters. The number of hydrogen-bond acceptors (Lipinski definition) is 8. The molecule has 1 heterocycles. The Labute approximate surface area is 384 Å². The number of rotatable bonds is 21. The van der Waals surface area contributed by atoms with Gasteiger partial charge < -0.3 is 40.8 Å². The molecule has 13 nitrogen and oxygen atoms in total. The number of ether oxygens (including phenoxy) is 2. The average Bonchev–Trinajstić information content (AvgIpc) is 3.92. The van der Waals surface area contributed by atoms with Gasteiger partial charge in [0.05, 0.1) is 30.7 Å². The van der Waals surface area contributed by atoms with Crippen LogP contribution in [0.15, 0.2) is 104 Å². The van der Waals surface area contributed by atoms with Crippen molar-refractivity contribution < 1.29 is 33.8 Å². The standard InChI is InChI=1S/C52H68N6O7/c1-7-36(33(2)3)28-46(59)42(26-34-18-10-8-11-19-34)55-49(61)44(29-37-30-53-32-54-37)57-48(60)43(27-35-20-12-9-13-21-35)56-50(62)45(31-64-52(4,5)6)58-51(63)65-47-40-24-16-14-22-38(40)39-23-15-17-25-41(39)47/h7,9,12-17,20-25,30,32-34,36,42-47,59H,1,8,10-11,18-19,26-29,31H2,2-6H3,(H,53,54)(H,55,61)(H,56,62)(H,57,60)(H,58,63)/t36-,42-,43-,44-,45-,46-/m0/s1. The number of aliphatic hydroxyl groups is 1. The van der Waals surface area contributed by atoms with Crippen LogP contribution in [0.25, 0.3) is 11.1 Å². The fourth-order valence-electron chi connectivity index (χ4n) is 8.93. The normalized spacial score (nSPS) is 16.8. The number of benzene rings is 3. The molecule has 1 saturated carbocycles. The topological polar surface area (TPSA) is 184 Å². The highest BCUT2D eigenvalue weighted by Gasteiger charge is 2.36. The SMILES string of the molecule is C=C[C@@H](C[C@H](O)[C@H](CC1CCCCC1)NC(=O)[C@H](Cc1cnc[nH]1)NC(=O)[C@H](Cc1ccccc1)NC(=O)[C@H](COC(C)(C)C)NC(=O)OC1c2ccccc2-c2ccccc21)C(C)C. The van der Waals surface area contributed by atoms with Crippen LogP contribution in [0.2, 0.25) is 0 Å². The smallest absolute Gasteiger partial charge is 0.408 e. The Balaban J connectivity index is 1.23. The quantitative estimate of drug-likeness (QED) is 0.0465. The average molecular weight is 889 g/mol. The van der Waals surface area contributed by atoms with Crippen LogP contribution in [0.3, 0.4) is 0 Å². The number of carbonyl (C=O) groups is 4. The van der Waals surface area contributed by atoms with E-state index in [1.54, 1.807) is 6.20 Å². The highest BCUT2D eigenvalue weighted by atomic mass is 16.6. The van der Waals surface area contributed by atoms with E-state index in [0.717, 1.165) is 53.5 Å². The first-order chi connectivity index (χ1) is 31.2. The fourth-order valence-corrected chi connectivity index (χ4v) is 8.93. The molecule has 6 atom stereocenters. The summed E-state index contributed by atoms with van der Waals surface area (Å²) in [4.78, 5) is 64.5. The largest absolute Gasteiger partial charge is 0.436 e. The number of hydrogen-bond donors (Lipinski definition) is 6. The number of carbonyl (C=O) groups excluding carboxylic acids is 4. The second-order valence-corrected chi connectivity index (χ2v) is 19.0. The van der Waals surface area contributed by atoms with Crippen LogP contribution in [-0.2, 0) is 36.7 Å². The summed E-state index contributed by atoms with van der Waals surface area (Å²) < 4.78 is 12.1. The summed E-state index contributed by atoms with van der Waals surface area (Å²) in [5, 5.41) is 23.4. The van der Waals surface area contributed by atoms with Crippen LogP contribution in [-0.4, -0.2) is 81.4 Å². The lowest BCUT2D eigenvalue weighted by Gasteiger charge is -2.33. The van der Waals surface area contributed by atoms with Crippen LogP contribution < -0.4 is 21.3 Å². The van der Waals surface area contributed by atoms with E-state index >= 15 is 0 Å². The zero-order valence-electron chi connectivity index (χ0n) is 38.6. The third-order valence-corrected chi connectivity index (χ3v) is 12.6. The summed E-state index contributed by atoms with van der Waals surface area (Å²) in [7, 11) is 0. The highest BCUT2D eigenvalue weighted by molar-refractivity contribution is 5.94. The number of alkyl carbamates (subject to hydrolysis) is 1.